The number of carbonyl (C=O) groups is 1. The van der Waals surface area contributed by atoms with Crippen LogP contribution < -0.4 is 0 Å². The molecular weight excluding hydrogens is 259 g/mol. The van der Waals surface area contributed by atoms with Crippen molar-refractivity contribution in [1.29, 1.82) is 0 Å². The normalized spacial score (nSPS) is 19.2. The fourth-order valence-corrected chi connectivity index (χ4v) is 2.41. The van der Waals surface area contributed by atoms with Crippen LogP contribution >= 0.6 is 0 Å². The Labute approximate surface area is 118 Å². The second-order valence-electron chi connectivity index (χ2n) is 6.16. The molecule has 1 aliphatic rings. The Morgan fingerprint density at radius 3 is 2.85 bits per heavy atom. The zero-order chi connectivity index (χ0) is 14.8. The fourth-order valence-electron chi connectivity index (χ4n) is 2.41. The van der Waals surface area contributed by atoms with Gasteiger partial charge in [-0.2, -0.15) is 4.39 Å². The quantitative estimate of drug-likeness (QED) is 0.781. The Morgan fingerprint density at radius 2 is 2.25 bits per heavy atom. The molecule has 1 amide bonds. The number of amides is 1. The molecule has 4 nitrogen and oxygen atoms in total. The molecule has 1 fully saturated rings. The smallest absolute Gasteiger partial charge is 0.410 e. The molecule has 0 spiro atoms. The Bertz CT molecular complexity index is 468. The van der Waals surface area contributed by atoms with Gasteiger partial charge in [0.25, 0.3) is 0 Å². The summed E-state index contributed by atoms with van der Waals surface area (Å²) in [7, 11) is 0. The van der Waals surface area contributed by atoms with E-state index in [0.29, 0.717) is 13.0 Å². The first-order valence-corrected chi connectivity index (χ1v) is 6.95. The standard InChI is InChI=1S/C15H21FN2O2/c1-15(2,3)20-14(19)18-8-4-5-12(18)9-11-6-7-13(16)17-10-11/h6-7,10,12H,4-5,8-9H2,1-3H3. The fraction of sp³-hybridized carbons (Fsp3) is 0.600. The van der Waals surface area contributed by atoms with Gasteiger partial charge in [-0.25, -0.2) is 9.78 Å². The average molecular weight is 280 g/mol. The topological polar surface area (TPSA) is 42.4 Å². The molecule has 0 aromatic carbocycles. The molecule has 1 aliphatic heterocycles. The van der Waals surface area contributed by atoms with Crippen LogP contribution in [0.15, 0.2) is 18.3 Å². The van der Waals surface area contributed by atoms with Crippen molar-refractivity contribution in [3.05, 3.63) is 29.8 Å². The van der Waals surface area contributed by atoms with Crippen LogP contribution in [-0.4, -0.2) is 34.2 Å². The second kappa shape index (κ2) is 5.77. The summed E-state index contributed by atoms with van der Waals surface area (Å²) < 4.78 is 18.2. The summed E-state index contributed by atoms with van der Waals surface area (Å²) in [6.07, 6.45) is 3.86. The van der Waals surface area contributed by atoms with Gasteiger partial charge in [-0.15, -0.1) is 0 Å². The number of likely N-dealkylation sites (tertiary alicyclic amines) is 1. The van der Waals surface area contributed by atoms with Gasteiger partial charge in [0.1, 0.15) is 5.60 Å². The van der Waals surface area contributed by atoms with Crippen molar-refractivity contribution in [2.75, 3.05) is 6.54 Å². The first-order valence-electron chi connectivity index (χ1n) is 6.95. The van der Waals surface area contributed by atoms with E-state index in [-0.39, 0.29) is 12.1 Å². The van der Waals surface area contributed by atoms with Gasteiger partial charge in [0.05, 0.1) is 0 Å². The number of ether oxygens (including phenoxy) is 1. The molecule has 2 rings (SSSR count). The lowest BCUT2D eigenvalue weighted by molar-refractivity contribution is 0.0226. The van der Waals surface area contributed by atoms with Gasteiger partial charge in [0, 0.05) is 18.8 Å². The van der Waals surface area contributed by atoms with Crippen molar-refractivity contribution in [3.63, 3.8) is 0 Å². The van der Waals surface area contributed by atoms with Crippen molar-refractivity contribution >= 4 is 6.09 Å². The molecule has 5 heteroatoms. The number of pyridine rings is 1. The summed E-state index contributed by atoms with van der Waals surface area (Å²) in [5, 5.41) is 0. The summed E-state index contributed by atoms with van der Waals surface area (Å²) in [6, 6.07) is 3.17. The van der Waals surface area contributed by atoms with Gasteiger partial charge >= 0.3 is 6.09 Å². The molecule has 0 bridgehead atoms. The summed E-state index contributed by atoms with van der Waals surface area (Å²) >= 11 is 0. The first-order chi connectivity index (χ1) is 9.35. The Balaban J connectivity index is 2.00. The number of aromatic nitrogens is 1. The van der Waals surface area contributed by atoms with Crippen LogP contribution in [0.4, 0.5) is 9.18 Å². The maximum absolute atomic E-state index is 12.8. The average Bonchev–Trinajstić information content (AvgIpc) is 2.78. The van der Waals surface area contributed by atoms with E-state index in [1.54, 1.807) is 11.0 Å². The lowest BCUT2D eigenvalue weighted by atomic mass is 10.1. The number of halogens is 1. The predicted octanol–water partition coefficient (Wildman–Crippen LogP) is 3.16. The van der Waals surface area contributed by atoms with Crippen LogP contribution in [0.5, 0.6) is 0 Å². The van der Waals surface area contributed by atoms with Crippen molar-refractivity contribution < 1.29 is 13.9 Å². The highest BCUT2D eigenvalue weighted by Crippen LogP contribution is 2.23. The van der Waals surface area contributed by atoms with Gasteiger partial charge in [-0.05, 0) is 51.7 Å². The molecular formula is C15H21FN2O2. The minimum Gasteiger partial charge on any atom is -0.444 e. The molecule has 0 radical (unpaired) electrons. The third-order valence-corrected chi connectivity index (χ3v) is 3.27. The van der Waals surface area contributed by atoms with E-state index in [1.165, 1.54) is 12.3 Å². The molecule has 1 aromatic heterocycles. The Hall–Kier alpha value is -1.65. The van der Waals surface area contributed by atoms with Crippen molar-refractivity contribution in [2.45, 2.75) is 51.7 Å². The molecule has 0 aliphatic carbocycles. The minimum absolute atomic E-state index is 0.108. The molecule has 2 heterocycles. The van der Waals surface area contributed by atoms with Crippen LogP contribution in [-0.2, 0) is 11.2 Å². The van der Waals surface area contributed by atoms with E-state index in [1.807, 2.05) is 20.8 Å². The first kappa shape index (κ1) is 14.8. The Kier molecular flexibility index (Phi) is 4.26. The van der Waals surface area contributed by atoms with Crippen LogP contribution in [0.2, 0.25) is 0 Å². The van der Waals surface area contributed by atoms with E-state index in [4.69, 9.17) is 4.74 Å². The largest absolute Gasteiger partial charge is 0.444 e. The molecule has 1 unspecified atom stereocenters. The minimum atomic E-state index is -0.484. The highest BCUT2D eigenvalue weighted by molar-refractivity contribution is 5.69. The third-order valence-electron chi connectivity index (χ3n) is 3.27. The van der Waals surface area contributed by atoms with Crippen molar-refractivity contribution in [2.24, 2.45) is 0 Å². The number of hydrogen-bond donors (Lipinski definition) is 0. The summed E-state index contributed by atoms with van der Waals surface area (Å²) in [6.45, 7) is 6.30. The maximum atomic E-state index is 12.8. The predicted molar refractivity (Wildman–Crippen MR) is 73.9 cm³/mol. The summed E-state index contributed by atoms with van der Waals surface area (Å²) in [5.74, 6) is -0.482. The van der Waals surface area contributed by atoms with Crippen LogP contribution in [0.3, 0.4) is 0 Å². The monoisotopic (exact) mass is 280 g/mol. The molecule has 20 heavy (non-hydrogen) atoms. The molecule has 1 saturated heterocycles. The highest BCUT2D eigenvalue weighted by atomic mass is 19.1. The van der Waals surface area contributed by atoms with Gasteiger partial charge in [0.2, 0.25) is 5.95 Å². The molecule has 110 valence electrons. The van der Waals surface area contributed by atoms with E-state index in [2.05, 4.69) is 4.98 Å². The lowest BCUT2D eigenvalue weighted by Gasteiger charge is -2.28. The molecule has 0 N–H and O–H groups in total. The summed E-state index contributed by atoms with van der Waals surface area (Å²) in [5.41, 5.74) is 0.452. The van der Waals surface area contributed by atoms with Crippen molar-refractivity contribution in [1.82, 2.24) is 9.88 Å². The van der Waals surface area contributed by atoms with Crippen molar-refractivity contribution in [3.8, 4) is 0 Å². The zero-order valence-electron chi connectivity index (χ0n) is 12.2. The number of carbonyl (C=O) groups excluding carboxylic acids is 1. The zero-order valence-corrected chi connectivity index (χ0v) is 12.2. The van der Waals surface area contributed by atoms with E-state index < -0.39 is 11.5 Å². The number of hydrogen-bond acceptors (Lipinski definition) is 3. The molecule has 1 atom stereocenters. The van der Waals surface area contributed by atoms with Crippen LogP contribution in [0.1, 0.15) is 39.2 Å². The van der Waals surface area contributed by atoms with Crippen LogP contribution in [0, 0.1) is 5.95 Å². The van der Waals surface area contributed by atoms with Gasteiger partial charge < -0.3 is 9.64 Å². The SMILES string of the molecule is CC(C)(C)OC(=O)N1CCCC1Cc1ccc(F)nc1. The lowest BCUT2D eigenvalue weighted by Crippen LogP contribution is -2.40. The molecule has 0 saturated carbocycles. The van der Waals surface area contributed by atoms with E-state index in [0.717, 1.165) is 18.4 Å². The second-order valence-corrected chi connectivity index (χ2v) is 6.16. The maximum Gasteiger partial charge on any atom is 0.410 e. The van der Waals surface area contributed by atoms with Gasteiger partial charge in [-0.1, -0.05) is 6.07 Å². The number of nitrogens with zero attached hydrogens (tertiary/aromatic N) is 2. The highest BCUT2D eigenvalue weighted by Gasteiger charge is 2.32. The summed E-state index contributed by atoms with van der Waals surface area (Å²) in [4.78, 5) is 17.6. The van der Waals surface area contributed by atoms with Gasteiger partial charge in [-0.3, -0.25) is 0 Å². The Morgan fingerprint density at radius 1 is 1.50 bits per heavy atom. The van der Waals surface area contributed by atoms with E-state index >= 15 is 0 Å². The number of rotatable bonds is 2. The van der Waals surface area contributed by atoms with E-state index in [9.17, 15) is 9.18 Å². The third kappa shape index (κ3) is 3.92. The van der Waals surface area contributed by atoms with Crippen LogP contribution in [0.25, 0.3) is 0 Å². The van der Waals surface area contributed by atoms with Gasteiger partial charge in [0.15, 0.2) is 0 Å². The molecule has 1 aromatic rings.